The average Bonchev–Trinajstić information content (AvgIpc) is 2.90. The van der Waals surface area contributed by atoms with Gasteiger partial charge >= 0.3 is 22.6 Å². The minimum Gasteiger partial charge on any atom is -0.0767 e. The molecule has 0 aromatic heterocycles. The molecule has 0 saturated carbocycles. The van der Waals surface area contributed by atoms with E-state index in [1.54, 1.807) is 0 Å². The molecule has 0 saturated heterocycles. The van der Waals surface area contributed by atoms with Crippen molar-refractivity contribution in [3.05, 3.63) is 44.0 Å². The molecule has 3 nitrogen and oxygen atoms in total. The van der Waals surface area contributed by atoms with Crippen LogP contribution in [0.4, 0.5) is 0 Å². The van der Waals surface area contributed by atoms with Gasteiger partial charge in [0, 0.05) is 23.5 Å². The van der Waals surface area contributed by atoms with E-state index in [2.05, 4.69) is 54.8 Å². The van der Waals surface area contributed by atoms with Crippen LogP contribution in [0, 0.1) is 19.7 Å². The zero-order valence-corrected chi connectivity index (χ0v) is 15.1. The van der Waals surface area contributed by atoms with E-state index in [1.165, 1.54) is 0 Å². The molecule has 1 N–H and O–H groups in total. The van der Waals surface area contributed by atoms with Crippen molar-refractivity contribution in [3.63, 3.8) is 0 Å². The van der Waals surface area contributed by atoms with Crippen molar-refractivity contribution in [1.29, 1.82) is 0 Å². The Labute approximate surface area is 136 Å². The first-order chi connectivity index (χ1) is 8.65. The number of hydrogen-bond donors (Lipinski definition) is 1. The van der Waals surface area contributed by atoms with Crippen molar-refractivity contribution in [2.24, 2.45) is 0 Å². The summed E-state index contributed by atoms with van der Waals surface area (Å²) < 4.78 is 15.0. The van der Waals surface area contributed by atoms with E-state index in [0.29, 0.717) is 0 Å². The first-order valence-electron chi connectivity index (χ1n) is 5.80. The van der Waals surface area contributed by atoms with Crippen LogP contribution in [0.1, 0.15) is 41.5 Å². The topological polar surface area (TPSA) is 60.0 Å². The quantitative estimate of drug-likeness (QED) is 0.408. The van der Waals surface area contributed by atoms with Crippen LogP contribution in [0.15, 0.2) is 24.3 Å². The zero-order valence-electron chi connectivity index (χ0n) is 13.0. The summed E-state index contributed by atoms with van der Waals surface area (Å²) in [5, 5.41) is 0.200. The molecule has 1 aliphatic carbocycles. The third kappa shape index (κ3) is 17.7. The van der Waals surface area contributed by atoms with Crippen LogP contribution in [0.3, 0.4) is 0 Å². The van der Waals surface area contributed by atoms with Gasteiger partial charge in [0.2, 0.25) is 9.04 Å². The molecule has 0 bridgehead atoms. The first kappa shape index (κ1) is 27.9. The third-order valence-electron chi connectivity index (χ3n) is 1.98. The second-order valence-corrected chi connectivity index (χ2v) is 9.51. The predicted molar refractivity (Wildman–Crippen MR) is 77.8 cm³/mol. The van der Waals surface area contributed by atoms with E-state index in [1.807, 2.05) is 30.7 Å². The van der Waals surface area contributed by atoms with Crippen molar-refractivity contribution in [1.82, 2.24) is 0 Å². The molecule has 0 amide bonds. The summed E-state index contributed by atoms with van der Waals surface area (Å²) in [6, 6.07) is 0. The van der Waals surface area contributed by atoms with Crippen LogP contribution >= 0.6 is 0 Å². The van der Waals surface area contributed by atoms with Crippen LogP contribution in [0.2, 0.25) is 10.1 Å². The van der Waals surface area contributed by atoms with E-state index in [-0.39, 0.29) is 27.1 Å². The summed E-state index contributed by atoms with van der Waals surface area (Å²) in [5.74, 6) is 0. The molecule has 0 aliphatic heterocycles. The molecule has 5 heteroatoms. The van der Waals surface area contributed by atoms with Crippen molar-refractivity contribution in [2.45, 2.75) is 51.6 Å². The summed E-state index contributed by atoms with van der Waals surface area (Å²) in [6.07, 6.45) is 10.0. The summed E-state index contributed by atoms with van der Waals surface area (Å²) in [4.78, 5) is 9.82. The average molecular weight is 336 g/mol. The molecule has 0 atom stereocenters. The Morgan fingerprint density at radius 2 is 1.00 bits per heavy atom. The Kier molecular flexibility index (Phi) is 21.0. The molecular weight excluding hydrogens is 312 g/mol. The molecule has 0 spiro atoms. The molecule has 0 aromatic carbocycles. The first-order valence-corrected chi connectivity index (χ1v) is 7.25. The van der Waals surface area contributed by atoms with Crippen LogP contribution in [-0.2, 0) is 26.4 Å². The Bertz CT molecular complexity index is 277. The van der Waals surface area contributed by atoms with E-state index in [9.17, 15) is 4.80 Å². The van der Waals surface area contributed by atoms with Gasteiger partial charge in [0.1, 0.15) is 0 Å². The van der Waals surface area contributed by atoms with Gasteiger partial charge in [-0.2, -0.15) is 0 Å². The van der Waals surface area contributed by atoms with Crippen LogP contribution < -0.4 is 0 Å². The van der Waals surface area contributed by atoms with Gasteiger partial charge in [0.05, 0.1) is 0 Å². The normalized spacial score (nSPS) is 11.8. The number of allylic oxidation sites excluding steroid dienone is 4. The SMILES string of the molecule is CC(C)(C)[Si](O)C(C)(C)C.[C-]#[O+].[C-]#[O+].[CH]1C=CC=C1.[Fe]. The van der Waals surface area contributed by atoms with Gasteiger partial charge in [0.15, 0.2) is 0 Å². The van der Waals surface area contributed by atoms with Gasteiger partial charge in [-0.3, -0.25) is 0 Å². The fourth-order valence-electron chi connectivity index (χ4n) is 1.45. The molecular formula is C15H24FeO3Si. The second kappa shape index (κ2) is 15.1. The minimum atomic E-state index is -1.22. The summed E-state index contributed by atoms with van der Waals surface area (Å²) in [6.45, 7) is 21.6. The van der Waals surface area contributed by atoms with Crippen LogP contribution in [0.5, 0.6) is 0 Å². The van der Waals surface area contributed by atoms with E-state index in [0.717, 1.165) is 0 Å². The fraction of sp³-hybridized carbons (Fsp3) is 0.533. The maximum absolute atomic E-state index is 9.82. The number of hydrogen-bond acceptors (Lipinski definition) is 1. The largest absolute Gasteiger partial charge is 0.0767 e. The molecule has 1 rings (SSSR count). The van der Waals surface area contributed by atoms with Gasteiger partial charge in [0.25, 0.3) is 0 Å². The molecule has 20 heavy (non-hydrogen) atoms. The van der Waals surface area contributed by atoms with Crippen molar-refractivity contribution < 1.29 is 31.2 Å². The molecule has 0 aromatic rings. The maximum Gasteiger partial charge on any atom is 0.00506 e. The van der Waals surface area contributed by atoms with Gasteiger partial charge in [-0.25, -0.2) is 0 Å². The molecule has 114 valence electrons. The summed E-state index contributed by atoms with van der Waals surface area (Å²) in [5.41, 5.74) is 0. The van der Waals surface area contributed by atoms with Crippen molar-refractivity contribution in [2.75, 3.05) is 0 Å². The second-order valence-electron chi connectivity index (χ2n) is 5.81. The zero-order chi connectivity index (χ0) is 16.1. The summed E-state index contributed by atoms with van der Waals surface area (Å²) >= 11 is 0. The molecule has 2 radical (unpaired) electrons. The molecule has 1 aliphatic rings. The maximum atomic E-state index is 9.82. The Morgan fingerprint density at radius 3 is 1.05 bits per heavy atom. The Morgan fingerprint density at radius 1 is 0.750 bits per heavy atom. The van der Waals surface area contributed by atoms with Crippen molar-refractivity contribution in [3.8, 4) is 0 Å². The predicted octanol–water partition coefficient (Wildman–Crippen LogP) is 3.81. The van der Waals surface area contributed by atoms with Crippen LogP contribution in [-0.4, -0.2) is 13.8 Å². The van der Waals surface area contributed by atoms with Crippen molar-refractivity contribution >= 4 is 9.04 Å². The molecule has 0 heterocycles. The molecule has 0 fully saturated rings. The smallest absolute Gasteiger partial charge is 0.00506 e. The van der Waals surface area contributed by atoms with E-state index < -0.39 is 9.04 Å². The monoisotopic (exact) mass is 336 g/mol. The van der Waals surface area contributed by atoms with E-state index >= 15 is 0 Å². The Balaban J connectivity index is -0.000000108. The van der Waals surface area contributed by atoms with Gasteiger partial charge < -0.3 is 4.80 Å². The Hall–Kier alpha value is -0.344. The minimum absolute atomic E-state index is 0. The van der Waals surface area contributed by atoms with Gasteiger partial charge in [-0.1, -0.05) is 65.8 Å². The third-order valence-corrected chi connectivity index (χ3v) is 4.82. The fourth-order valence-corrected chi connectivity index (χ4v) is 3.70. The van der Waals surface area contributed by atoms with E-state index in [4.69, 9.17) is 9.30 Å². The number of rotatable bonds is 0. The van der Waals surface area contributed by atoms with Crippen LogP contribution in [0.25, 0.3) is 0 Å². The molecule has 0 unspecified atom stereocenters. The summed E-state index contributed by atoms with van der Waals surface area (Å²) in [7, 11) is -1.22. The van der Waals surface area contributed by atoms with Gasteiger partial charge in [-0.05, 0) is 10.1 Å². The standard InChI is InChI=1S/C8H19OSi.C5H5.2CO.Fe/c1-7(2,3)10(9)8(4,5)6;1-2-4-5-3-1;2*1-2;/h9H,1-6H3;1-5H;;;. The van der Waals surface area contributed by atoms with Gasteiger partial charge in [-0.15, -0.1) is 0 Å².